The van der Waals surface area contributed by atoms with E-state index in [9.17, 15) is 9.18 Å². The Hall–Kier alpha value is -3.34. The van der Waals surface area contributed by atoms with Gasteiger partial charge in [0.25, 0.3) is 5.91 Å². The minimum atomic E-state index is -0.447. The molecule has 5 heteroatoms. The number of hydrogen-bond acceptors (Lipinski definition) is 3. The Bertz CT molecular complexity index is 1080. The molecule has 1 amide bonds. The number of benzene rings is 3. The summed E-state index contributed by atoms with van der Waals surface area (Å²) in [7, 11) is 1.51. The van der Waals surface area contributed by atoms with Gasteiger partial charge in [0, 0.05) is 17.2 Å². The fourth-order valence-corrected chi connectivity index (χ4v) is 3.98. The minimum Gasteiger partial charge on any atom is -0.497 e. The van der Waals surface area contributed by atoms with Crippen LogP contribution in [0.4, 0.5) is 4.39 Å². The predicted molar refractivity (Wildman–Crippen MR) is 134 cm³/mol. The molecule has 0 radical (unpaired) electrons. The van der Waals surface area contributed by atoms with Crippen LogP contribution in [0.3, 0.4) is 0 Å². The van der Waals surface area contributed by atoms with Gasteiger partial charge in [0.1, 0.15) is 23.9 Å². The quantitative estimate of drug-likeness (QED) is 0.337. The molecule has 3 aromatic carbocycles. The van der Waals surface area contributed by atoms with E-state index in [1.54, 1.807) is 12.1 Å². The highest BCUT2D eigenvalue weighted by Gasteiger charge is 2.22. The number of carbonyl (C=O) groups is 1. The fourth-order valence-electron chi connectivity index (χ4n) is 3.98. The molecule has 4 nitrogen and oxygen atoms in total. The number of carbonyl (C=O) groups excluding carboxylic acids is 1. The summed E-state index contributed by atoms with van der Waals surface area (Å²) in [4.78, 5) is 13.5. The average molecular weight is 464 g/mol. The van der Waals surface area contributed by atoms with Gasteiger partial charge in [-0.15, -0.1) is 0 Å². The van der Waals surface area contributed by atoms with Crippen LogP contribution in [0.25, 0.3) is 0 Å². The number of nitrogens with one attached hydrogen (secondary N) is 1. The summed E-state index contributed by atoms with van der Waals surface area (Å²) >= 11 is 0. The van der Waals surface area contributed by atoms with Crippen LogP contribution < -0.4 is 14.8 Å². The molecule has 3 rings (SSSR count). The van der Waals surface area contributed by atoms with Crippen molar-refractivity contribution in [2.45, 2.75) is 52.7 Å². The average Bonchev–Trinajstić information content (AvgIpc) is 2.83. The van der Waals surface area contributed by atoms with E-state index in [-0.39, 0.29) is 17.6 Å². The second-order valence-corrected chi connectivity index (χ2v) is 8.89. The molecule has 3 aromatic rings. The Labute approximate surface area is 202 Å². The molecule has 0 heterocycles. The highest BCUT2D eigenvalue weighted by Crippen LogP contribution is 2.28. The number of ether oxygens (including phenoxy) is 2. The molecule has 0 aromatic heterocycles. The number of para-hydroxylation sites is 1. The molecule has 1 atom stereocenters. The van der Waals surface area contributed by atoms with Crippen LogP contribution in [0.2, 0.25) is 0 Å². The molecule has 0 bridgehead atoms. The first-order valence-corrected chi connectivity index (χ1v) is 11.8. The van der Waals surface area contributed by atoms with Gasteiger partial charge in [0.2, 0.25) is 0 Å². The molecule has 1 N–H and O–H groups in total. The second kappa shape index (κ2) is 12.2. The summed E-state index contributed by atoms with van der Waals surface area (Å²) in [6.07, 6.45) is 2.33. The van der Waals surface area contributed by atoms with Crippen molar-refractivity contribution in [2.24, 2.45) is 5.92 Å². The molecular formula is C29H34FNO3. The van der Waals surface area contributed by atoms with Crippen molar-refractivity contribution in [3.05, 3.63) is 94.8 Å². The first kappa shape index (κ1) is 25.3. The zero-order valence-electron chi connectivity index (χ0n) is 20.4. The number of hydrogen-bond donors (Lipinski definition) is 1. The summed E-state index contributed by atoms with van der Waals surface area (Å²) in [6, 6.07) is 19.8. The summed E-state index contributed by atoms with van der Waals surface area (Å²) in [6.45, 7) is 6.57. The topological polar surface area (TPSA) is 47.6 Å². The zero-order chi connectivity index (χ0) is 24.5. The lowest BCUT2D eigenvalue weighted by Crippen LogP contribution is -2.31. The normalized spacial score (nSPS) is 11.8. The first-order chi connectivity index (χ1) is 16.4. The van der Waals surface area contributed by atoms with E-state index >= 15 is 0 Å². The van der Waals surface area contributed by atoms with Crippen molar-refractivity contribution in [3.8, 4) is 11.5 Å². The van der Waals surface area contributed by atoms with E-state index in [0.717, 1.165) is 29.7 Å². The van der Waals surface area contributed by atoms with Crippen molar-refractivity contribution in [3.63, 3.8) is 0 Å². The lowest BCUT2D eigenvalue weighted by Gasteiger charge is -2.23. The molecular weight excluding hydrogens is 429 g/mol. The van der Waals surface area contributed by atoms with E-state index in [2.05, 4.69) is 26.1 Å². The second-order valence-electron chi connectivity index (χ2n) is 8.89. The molecule has 34 heavy (non-hydrogen) atoms. The van der Waals surface area contributed by atoms with Gasteiger partial charge in [-0.2, -0.15) is 0 Å². The van der Waals surface area contributed by atoms with Gasteiger partial charge in [-0.3, -0.25) is 4.79 Å². The molecule has 0 spiro atoms. The van der Waals surface area contributed by atoms with Crippen LogP contribution >= 0.6 is 0 Å². The van der Waals surface area contributed by atoms with Gasteiger partial charge in [0.05, 0.1) is 13.2 Å². The van der Waals surface area contributed by atoms with Gasteiger partial charge >= 0.3 is 0 Å². The molecule has 0 saturated heterocycles. The van der Waals surface area contributed by atoms with Crippen LogP contribution in [-0.2, 0) is 13.0 Å². The monoisotopic (exact) mass is 463 g/mol. The summed E-state index contributed by atoms with van der Waals surface area (Å²) in [5.74, 6) is 0.910. The number of halogens is 1. The maximum atomic E-state index is 14.9. The molecule has 0 saturated carbocycles. The summed E-state index contributed by atoms with van der Waals surface area (Å²) in [5, 5.41) is 3.10. The van der Waals surface area contributed by atoms with Gasteiger partial charge < -0.3 is 14.8 Å². The van der Waals surface area contributed by atoms with Crippen molar-refractivity contribution in [2.75, 3.05) is 7.11 Å². The largest absolute Gasteiger partial charge is 0.497 e. The molecule has 0 aliphatic heterocycles. The summed E-state index contributed by atoms with van der Waals surface area (Å²) in [5.41, 5.74) is 2.95. The Morgan fingerprint density at radius 3 is 2.41 bits per heavy atom. The van der Waals surface area contributed by atoms with Crippen LogP contribution in [-0.4, -0.2) is 13.0 Å². The van der Waals surface area contributed by atoms with Gasteiger partial charge in [0.15, 0.2) is 0 Å². The van der Waals surface area contributed by atoms with Gasteiger partial charge in [-0.05, 0) is 54.2 Å². The maximum Gasteiger partial charge on any atom is 0.252 e. The SMILES string of the molecule is CCCc1ccc(COc2ccccc2)cc1C(=O)NC(CC(C)C)c1ccc(OC)cc1F. The third-order valence-electron chi connectivity index (χ3n) is 5.68. The third-order valence-corrected chi connectivity index (χ3v) is 5.68. The van der Waals surface area contributed by atoms with Crippen LogP contribution in [0.15, 0.2) is 66.7 Å². The van der Waals surface area contributed by atoms with Gasteiger partial charge in [-0.25, -0.2) is 4.39 Å². The van der Waals surface area contributed by atoms with E-state index in [1.165, 1.54) is 13.2 Å². The number of amides is 1. The Kier molecular flexibility index (Phi) is 9.08. The van der Waals surface area contributed by atoms with E-state index < -0.39 is 6.04 Å². The smallest absolute Gasteiger partial charge is 0.252 e. The fraction of sp³-hybridized carbons (Fsp3) is 0.345. The number of rotatable bonds is 11. The minimum absolute atomic E-state index is 0.203. The molecule has 0 fully saturated rings. The van der Waals surface area contributed by atoms with E-state index in [0.29, 0.717) is 29.9 Å². The maximum absolute atomic E-state index is 14.9. The number of methoxy groups -OCH3 is 1. The lowest BCUT2D eigenvalue weighted by molar-refractivity contribution is 0.0930. The Morgan fingerprint density at radius 1 is 1.00 bits per heavy atom. The van der Waals surface area contributed by atoms with Gasteiger partial charge in [-0.1, -0.05) is 63.6 Å². The van der Waals surface area contributed by atoms with Crippen LogP contribution in [0, 0.1) is 11.7 Å². The van der Waals surface area contributed by atoms with Crippen LogP contribution in [0.5, 0.6) is 11.5 Å². The standard InChI is InChI=1S/C29H34FNO3/c1-5-9-22-13-12-21(19-34-23-10-7-6-8-11-23)17-26(22)29(32)31-28(16-20(2)3)25-15-14-24(33-4)18-27(25)30/h6-8,10-15,17-18,20,28H,5,9,16,19H2,1-4H3,(H,31,32). The van der Waals surface area contributed by atoms with Crippen LogP contribution in [0.1, 0.15) is 66.7 Å². The highest BCUT2D eigenvalue weighted by atomic mass is 19.1. The number of aryl methyl sites for hydroxylation is 1. The van der Waals surface area contributed by atoms with E-state index in [4.69, 9.17) is 9.47 Å². The lowest BCUT2D eigenvalue weighted by atomic mass is 9.95. The first-order valence-electron chi connectivity index (χ1n) is 11.8. The third kappa shape index (κ3) is 6.83. The predicted octanol–water partition coefficient (Wildman–Crippen LogP) is 6.88. The van der Waals surface area contributed by atoms with Crippen molar-refractivity contribution in [1.29, 1.82) is 0 Å². The highest BCUT2D eigenvalue weighted by molar-refractivity contribution is 5.96. The molecule has 180 valence electrons. The van der Waals surface area contributed by atoms with E-state index in [1.807, 2.05) is 48.5 Å². The molecule has 0 aliphatic carbocycles. The molecule has 0 aliphatic rings. The molecule has 1 unspecified atom stereocenters. The Balaban J connectivity index is 1.85. The zero-order valence-corrected chi connectivity index (χ0v) is 20.4. The Morgan fingerprint density at radius 2 is 1.76 bits per heavy atom. The van der Waals surface area contributed by atoms with Crippen molar-refractivity contribution in [1.82, 2.24) is 5.32 Å². The van der Waals surface area contributed by atoms with Crippen molar-refractivity contribution < 1.29 is 18.7 Å². The summed E-state index contributed by atoms with van der Waals surface area (Å²) < 4.78 is 25.9. The van der Waals surface area contributed by atoms with Crippen molar-refractivity contribution >= 4 is 5.91 Å².